The van der Waals surface area contributed by atoms with Gasteiger partial charge in [-0.15, -0.1) is 0 Å². The SMILES string of the molecule is CCCCC(C)C1CC(CC2CC(C(C)CCCC)C(N)C(C(C)CCCC)C2)CC(C(C)CCCC)C1N. The highest BCUT2D eigenvalue weighted by atomic mass is 14.7. The van der Waals surface area contributed by atoms with Crippen molar-refractivity contribution in [1.82, 2.24) is 0 Å². The van der Waals surface area contributed by atoms with E-state index in [9.17, 15) is 0 Å². The highest BCUT2D eigenvalue weighted by Gasteiger charge is 2.44. The van der Waals surface area contributed by atoms with Crippen molar-refractivity contribution in [3.8, 4) is 0 Å². The van der Waals surface area contributed by atoms with Crippen molar-refractivity contribution in [3.05, 3.63) is 0 Å². The van der Waals surface area contributed by atoms with Crippen molar-refractivity contribution in [3.63, 3.8) is 0 Å². The molecule has 2 nitrogen and oxygen atoms in total. The van der Waals surface area contributed by atoms with Crippen LogP contribution >= 0.6 is 0 Å². The molecule has 39 heavy (non-hydrogen) atoms. The molecule has 2 rings (SSSR count). The molecule has 8 atom stereocenters. The molecule has 2 aliphatic rings. The van der Waals surface area contributed by atoms with Gasteiger partial charge in [0, 0.05) is 12.1 Å². The van der Waals surface area contributed by atoms with Crippen LogP contribution in [0.3, 0.4) is 0 Å². The van der Waals surface area contributed by atoms with Crippen molar-refractivity contribution >= 4 is 0 Å². The lowest BCUT2D eigenvalue weighted by Gasteiger charge is -2.49. The second-order valence-electron chi connectivity index (χ2n) is 15.2. The van der Waals surface area contributed by atoms with Crippen molar-refractivity contribution in [1.29, 1.82) is 0 Å². The van der Waals surface area contributed by atoms with Crippen molar-refractivity contribution in [2.75, 3.05) is 0 Å². The fourth-order valence-corrected chi connectivity index (χ4v) is 9.26. The van der Waals surface area contributed by atoms with Gasteiger partial charge >= 0.3 is 0 Å². The van der Waals surface area contributed by atoms with Gasteiger partial charge in [0.15, 0.2) is 0 Å². The minimum absolute atomic E-state index is 0.406. The third-order valence-electron chi connectivity index (χ3n) is 12.0. The monoisotopic (exact) mass is 547 g/mol. The van der Waals surface area contributed by atoms with E-state index in [4.69, 9.17) is 11.5 Å². The van der Waals surface area contributed by atoms with Gasteiger partial charge in [-0.2, -0.15) is 0 Å². The van der Waals surface area contributed by atoms with E-state index in [0.717, 1.165) is 35.5 Å². The third kappa shape index (κ3) is 10.6. The predicted molar refractivity (Wildman–Crippen MR) is 175 cm³/mol. The summed E-state index contributed by atoms with van der Waals surface area (Å²) in [6, 6.07) is 0.812. The zero-order valence-electron chi connectivity index (χ0n) is 28.1. The summed E-state index contributed by atoms with van der Waals surface area (Å²) in [7, 11) is 0. The molecule has 0 radical (unpaired) electrons. The summed E-state index contributed by atoms with van der Waals surface area (Å²) < 4.78 is 0. The molecule has 2 saturated carbocycles. The van der Waals surface area contributed by atoms with E-state index in [2.05, 4.69) is 55.4 Å². The maximum absolute atomic E-state index is 7.18. The Hall–Kier alpha value is -0.0800. The van der Waals surface area contributed by atoms with Crippen LogP contribution in [0.1, 0.15) is 165 Å². The summed E-state index contributed by atoms with van der Waals surface area (Å²) in [5.41, 5.74) is 14.4. The summed E-state index contributed by atoms with van der Waals surface area (Å²) in [5.74, 6) is 7.68. The molecule has 0 bridgehead atoms. The molecular weight excluding hydrogens is 472 g/mol. The highest BCUT2D eigenvalue weighted by Crippen LogP contribution is 2.48. The molecule has 2 fully saturated rings. The zero-order valence-corrected chi connectivity index (χ0v) is 28.1. The number of nitrogens with two attached hydrogens (primary N) is 2. The number of rotatable bonds is 18. The van der Waals surface area contributed by atoms with E-state index < -0.39 is 0 Å². The van der Waals surface area contributed by atoms with Gasteiger partial charge in [-0.25, -0.2) is 0 Å². The van der Waals surface area contributed by atoms with E-state index >= 15 is 0 Å². The average molecular weight is 547 g/mol. The molecule has 0 aliphatic heterocycles. The van der Waals surface area contributed by atoms with Gasteiger partial charge in [0.25, 0.3) is 0 Å². The number of unbranched alkanes of at least 4 members (excludes halogenated alkanes) is 4. The molecule has 232 valence electrons. The van der Waals surface area contributed by atoms with Crippen LogP contribution in [0.15, 0.2) is 0 Å². The zero-order chi connectivity index (χ0) is 28.9. The summed E-state index contributed by atoms with van der Waals surface area (Å²) in [6.45, 7) is 19.5. The summed E-state index contributed by atoms with van der Waals surface area (Å²) >= 11 is 0. The Balaban J connectivity index is 2.23. The molecule has 8 unspecified atom stereocenters. The molecule has 0 spiro atoms. The summed E-state index contributed by atoms with van der Waals surface area (Å²) in [5, 5.41) is 0. The molecule has 0 saturated heterocycles. The molecule has 0 heterocycles. The molecular formula is C37H74N2. The lowest BCUT2D eigenvalue weighted by molar-refractivity contribution is 0.0382. The third-order valence-corrected chi connectivity index (χ3v) is 12.0. The minimum Gasteiger partial charge on any atom is -0.327 e. The minimum atomic E-state index is 0.406. The van der Waals surface area contributed by atoms with Gasteiger partial charge < -0.3 is 11.5 Å². The van der Waals surface area contributed by atoms with Gasteiger partial charge in [0.2, 0.25) is 0 Å². The Morgan fingerprint density at radius 2 is 0.692 bits per heavy atom. The van der Waals surface area contributed by atoms with Gasteiger partial charge in [-0.1, -0.05) is 132 Å². The molecule has 0 amide bonds. The topological polar surface area (TPSA) is 52.0 Å². The fourth-order valence-electron chi connectivity index (χ4n) is 9.26. The molecule has 0 aromatic carbocycles. The first-order chi connectivity index (χ1) is 18.7. The van der Waals surface area contributed by atoms with Gasteiger partial charge in [-0.05, 0) is 91.3 Å². The van der Waals surface area contributed by atoms with E-state index in [0.29, 0.717) is 35.8 Å². The smallest absolute Gasteiger partial charge is 0.0101 e. The maximum atomic E-state index is 7.18. The first-order valence-corrected chi connectivity index (χ1v) is 18.2. The molecule has 0 aromatic heterocycles. The van der Waals surface area contributed by atoms with Gasteiger partial charge in [0.1, 0.15) is 0 Å². The van der Waals surface area contributed by atoms with E-state index in [-0.39, 0.29) is 0 Å². The highest BCUT2D eigenvalue weighted by molar-refractivity contribution is 4.97. The lowest BCUT2D eigenvalue weighted by atomic mass is 9.59. The fraction of sp³-hybridized carbons (Fsp3) is 1.00. The summed E-state index contributed by atoms with van der Waals surface area (Å²) in [4.78, 5) is 0. The normalized spacial score (nSPS) is 34.9. The Bertz CT molecular complexity index is 519. The Kier molecular flexibility index (Phi) is 16.6. The van der Waals surface area contributed by atoms with E-state index in [1.807, 2.05) is 0 Å². The van der Waals surface area contributed by atoms with Crippen molar-refractivity contribution < 1.29 is 0 Å². The van der Waals surface area contributed by atoms with Crippen LogP contribution in [0.25, 0.3) is 0 Å². The Labute approximate surface area is 247 Å². The number of hydrogen-bond donors (Lipinski definition) is 2. The quantitative estimate of drug-likeness (QED) is 0.180. The first kappa shape index (κ1) is 35.1. The standard InChI is InChI=1S/C37H74N2/c1-9-13-17-26(5)32-22-30(23-33(36(32)38)27(6)18-14-10-2)21-31-24-34(28(7)19-15-11-3)37(39)35(25-31)29(8)20-16-12-4/h26-37H,9-25,38-39H2,1-8H3. The van der Waals surface area contributed by atoms with Gasteiger partial charge in [-0.3, -0.25) is 0 Å². The van der Waals surface area contributed by atoms with Crippen LogP contribution in [0.2, 0.25) is 0 Å². The van der Waals surface area contributed by atoms with Gasteiger partial charge in [0.05, 0.1) is 0 Å². The van der Waals surface area contributed by atoms with Crippen LogP contribution in [-0.4, -0.2) is 12.1 Å². The largest absolute Gasteiger partial charge is 0.327 e. The molecule has 2 aliphatic carbocycles. The number of hydrogen-bond acceptors (Lipinski definition) is 2. The van der Waals surface area contributed by atoms with E-state index in [1.165, 1.54) is 109 Å². The molecule has 4 N–H and O–H groups in total. The predicted octanol–water partition coefficient (Wildman–Crippen LogP) is 10.6. The molecule has 2 heteroatoms. The van der Waals surface area contributed by atoms with Crippen LogP contribution in [-0.2, 0) is 0 Å². The van der Waals surface area contributed by atoms with E-state index in [1.54, 1.807) is 0 Å². The van der Waals surface area contributed by atoms with Crippen molar-refractivity contribution in [2.24, 2.45) is 70.6 Å². The summed E-state index contributed by atoms with van der Waals surface area (Å²) in [6.07, 6.45) is 23.1. The van der Waals surface area contributed by atoms with Crippen molar-refractivity contribution in [2.45, 2.75) is 177 Å². The maximum Gasteiger partial charge on any atom is 0.0101 e. The lowest BCUT2D eigenvalue weighted by Crippen LogP contribution is -2.50. The van der Waals surface area contributed by atoms with Crippen LogP contribution < -0.4 is 11.5 Å². The first-order valence-electron chi connectivity index (χ1n) is 18.2. The second kappa shape index (κ2) is 18.5. The van der Waals surface area contributed by atoms with Crippen LogP contribution in [0.5, 0.6) is 0 Å². The Morgan fingerprint density at radius 3 is 0.897 bits per heavy atom. The Morgan fingerprint density at radius 1 is 0.462 bits per heavy atom. The van der Waals surface area contributed by atoms with Crippen LogP contribution in [0, 0.1) is 59.2 Å². The molecule has 0 aromatic rings. The van der Waals surface area contributed by atoms with Crippen LogP contribution in [0.4, 0.5) is 0 Å². The average Bonchev–Trinajstić information content (AvgIpc) is 2.93. The second-order valence-corrected chi connectivity index (χ2v) is 15.2.